The first-order chi connectivity index (χ1) is 11.6. The summed E-state index contributed by atoms with van der Waals surface area (Å²) in [6.45, 7) is 0.995. The highest BCUT2D eigenvalue weighted by Gasteiger charge is 2.35. The molecular formula is C17H19N3O3S. The second kappa shape index (κ2) is 7.12. The molecule has 0 radical (unpaired) electrons. The molecule has 0 atom stereocenters. The number of hydrogen-bond acceptors (Lipinski definition) is 5. The van der Waals surface area contributed by atoms with Crippen LogP contribution in [0, 0.1) is 0 Å². The van der Waals surface area contributed by atoms with Gasteiger partial charge in [-0.2, -0.15) is 0 Å². The fraction of sp³-hybridized carbons (Fsp3) is 0.294. The molecule has 0 unspecified atom stereocenters. The van der Waals surface area contributed by atoms with Crippen LogP contribution in [0.2, 0.25) is 0 Å². The van der Waals surface area contributed by atoms with Crippen LogP contribution in [-0.2, 0) is 9.53 Å². The normalized spacial score (nSPS) is 16.4. The van der Waals surface area contributed by atoms with E-state index in [0.29, 0.717) is 42.3 Å². The van der Waals surface area contributed by atoms with Gasteiger partial charge in [0.25, 0.3) is 5.91 Å². The quantitative estimate of drug-likeness (QED) is 0.793. The fourth-order valence-corrected chi connectivity index (χ4v) is 3.07. The highest BCUT2D eigenvalue weighted by atomic mass is 32.1. The molecule has 1 aromatic carbocycles. The lowest BCUT2D eigenvalue weighted by Gasteiger charge is -2.31. The van der Waals surface area contributed by atoms with Crippen molar-refractivity contribution < 1.29 is 14.3 Å². The number of amides is 2. The van der Waals surface area contributed by atoms with Crippen molar-refractivity contribution in [3.63, 3.8) is 0 Å². The number of ether oxygens (including phenoxy) is 1. The van der Waals surface area contributed by atoms with Crippen molar-refractivity contribution in [2.45, 2.75) is 18.4 Å². The number of rotatable bonds is 4. The van der Waals surface area contributed by atoms with Gasteiger partial charge in [0.2, 0.25) is 5.91 Å². The zero-order chi connectivity index (χ0) is 17.0. The van der Waals surface area contributed by atoms with Crippen LogP contribution in [0.15, 0.2) is 41.8 Å². The molecule has 7 heteroatoms. The molecule has 6 nitrogen and oxygen atoms in total. The predicted molar refractivity (Wildman–Crippen MR) is 94.3 cm³/mol. The van der Waals surface area contributed by atoms with E-state index in [4.69, 9.17) is 10.5 Å². The number of nitrogens with one attached hydrogen (secondary N) is 2. The summed E-state index contributed by atoms with van der Waals surface area (Å²) in [5.41, 5.74) is 6.58. The first kappa shape index (κ1) is 16.6. The smallest absolute Gasteiger partial charge is 0.265 e. The van der Waals surface area contributed by atoms with Crippen LogP contribution in [0.3, 0.4) is 0 Å². The Hall–Kier alpha value is -2.22. The number of anilines is 2. The lowest BCUT2D eigenvalue weighted by molar-refractivity contribution is -0.124. The summed E-state index contributed by atoms with van der Waals surface area (Å²) in [6.07, 6.45) is 1.02. The molecule has 0 bridgehead atoms. The summed E-state index contributed by atoms with van der Waals surface area (Å²) in [7, 11) is 0. The average molecular weight is 345 g/mol. The number of hydrogen-bond donors (Lipinski definition) is 3. The highest BCUT2D eigenvalue weighted by molar-refractivity contribution is 7.12. The molecule has 0 spiro atoms. The number of thiophene rings is 1. The van der Waals surface area contributed by atoms with Crippen LogP contribution in [0.5, 0.6) is 0 Å². The van der Waals surface area contributed by atoms with Crippen molar-refractivity contribution in [2.75, 3.05) is 23.8 Å². The van der Waals surface area contributed by atoms with Gasteiger partial charge in [-0.1, -0.05) is 6.07 Å². The van der Waals surface area contributed by atoms with E-state index >= 15 is 0 Å². The zero-order valence-electron chi connectivity index (χ0n) is 13.1. The van der Waals surface area contributed by atoms with E-state index < -0.39 is 5.54 Å². The second-order valence-electron chi connectivity index (χ2n) is 5.73. The molecule has 4 N–H and O–H groups in total. The summed E-state index contributed by atoms with van der Waals surface area (Å²) < 4.78 is 5.25. The molecule has 0 saturated carbocycles. The van der Waals surface area contributed by atoms with Crippen LogP contribution in [0.4, 0.5) is 11.4 Å². The minimum atomic E-state index is -0.885. The molecule has 1 saturated heterocycles. The Morgan fingerprint density at radius 1 is 1.04 bits per heavy atom. The maximum absolute atomic E-state index is 12.3. The van der Waals surface area contributed by atoms with E-state index in [1.807, 2.05) is 11.4 Å². The van der Waals surface area contributed by atoms with E-state index in [9.17, 15) is 9.59 Å². The Kier molecular flexibility index (Phi) is 4.94. The van der Waals surface area contributed by atoms with E-state index in [0.717, 1.165) is 0 Å². The molecule has 1 aliphatic heterocycles. The minimum absolute atomic E-state index is 0.148. The number of benzene rings is 1. The Morgan fingerprint density at radius 2 is 1.67 bits per heavy atom. The summed E-state index contributed by atoms with van der Waals surface area (Å²) >= 11 is 1.38. The van der Waals surface area contributed by atoms with Crippen molar-refractivity contribution >= 4 is 34.5 Å². The standard InChI is InChI=1S/C17H19N3O3S/c18-17(7-9-23-10-8-17)16(22)20-13-5-3-12(4-6-13)19-15(21)14-2-1-11-24-14/h1-6,11H,7-10,18H2,(H,19,21)(H,20,22). The lowest BCUT2D eigenvalue weighted by atomic mass is 9.90. The Balaban J connectivity index is 1.60. The van der Waals surface area contributed by atoms with Crippen molar-refractivity contribution in [2.24, 2.45) is 5.73 Å². The van der Waals surface area contributed by atoms with Gasteiger partial charge < -0.3 is 21.1 Å². The van der Waals surface area contributed by atoms with Crippen molar-refractivity contribution in [1.29, 1.82) is 0 Å². The number of carbonyl (C=O) groups is 2. The SMILES string of the molecule is NC1(C(=O)Nc2ccc(NC(=O)c3cccs3)cc2)CCOCC1. The monoisotopic (exact) mass is 345 g/mol. The van der Waals surface area contributed by atoms with Crippen LogP contribution < -0.4 is 16.4 Å². The molecule has 1 fully saturated rings. The van der Waals surface area contributed by atoms with E-state index in [1.54, 1.807) is 30.3 Å². The number of nitrogens with two attached hydrogens (primary N) is 1. The Bertz CT molecular complexity index is 707. The number of carbonyl (C=O) groups excluding carboxylic acids is 2. The third-order valence-corrected chi connectivity index (χ3v) is 4.85. The van der Waals surface area contributed by atoms with Crippen molar-refractivity contribution in [1.82, 2.24) is 0 Å². The zero-order valence-corrected chi connectivity index (χ0v) is 13.9. The van der Waals surface area contributed by atoms with Gasteiger partial charge in [0, 0.05) is 24.6 Å². The second-order valence-corrected chi connectivity index (χ2v) is 6.68. The van der Waals surface area contributed by atoms with Crippen LogP contribution in [0.1, 0.15) is 22.5 Å². The predicted octanol–water partition coefficient (Wildman–Crippen LogP) is 2.45. The molecule has 2 amide bonds. The van der Waals surface area contributed by atoms with Crippen molar-refractivity contribution in [3.8, 4) is 0 Å². The van der Waals surface area contributed by atoms with Gasteiger partial charge in [0.15, 0.2) is 0 Å². The summed E-state index contributed by atoms with van der Waals surface area (Å²) in [4.78, 5) is 25.0. The van der Waals surface area contributed by atoms with Gasteiger partial charge >= 0.3 is 0 Å². The Labute approximate surface area is 144 Å². The van der Waals surface area contributed by atoms with E-state index in [-0.39, 0.29) is 11.8 Å². The molecule has 2 aromatic rings. The van der Waals surface area contributed by atoms with Gasteiger partial charge in [0.05, 0.1) is 4.88 Å². The van der Waals surface area contributed by atoms with Crippen LogP contribution in [0.25, 0.3) is 0 Å². The maximum atomic E-state index is 12.3. The third-order valence-electron chi connectivity index (χ3n) is 3.98. The molecule has 2 heterocycles. The molecule has 0 aliphatic carbocycles. The summed E-state index contributed by atoms with van der Waals surface area (Å²) in [6, 6.07) is 10.6. The molecule has 24 heavy (non-hydrogen) atoms. The average Bonchev–Trinajstić information content (AvgIpc) is 3.12. The first-order valence-electron chi connectivity index (χ1n) is 7.70. The topological polar surface area (TPSA) is 93.5 Å². The first-order valence-corrected chi connectivity index (χ1v) is 8.58. The molecule has 1 aromatic heterocycles. The van der Waals surface area contributed by atoms with E-state index in [2.05, 4.69) is 10.6 Å². The Morgan fingerprint density at radius 3 is 2.25 bits per heavy atom. The van der Waals surface area contributed by atoms with Crippen LogP contribution >= 0.6 is 11.3 Å². The van der Waals surface area contributed by atoms with Gasteiger partial charge in [-0.15, -0.1) is 11.3 Å². The van der Waals surface area contributed by atoms with Gasteiger partial charge in [-0.05, 0) is 48.6 Å². The van der Waals surface area contributed by atoms with Gasteiger partial charge in [-0.25, -0.2) is 0 Å². The largest absolute Gasteiger partial charge is 0.381 e. The summed E-state index contributed by atoms with van der Waals surface area (Å²) in [5, 5.41) is 7.50. The van der Waals surface area contributed by atoms with Gasteiger partial charge in [0.1, 0.15) is 5.54 Å². The fourth-order valence-electron chi connectivity index (χ4n) is 2.46. The summed E-state index contributed by atoms with van der Waals surface area (Å²) in [5.74, 6) is -0.355. The molecule has 126 valence electrons. The molecule has 1 aliphatic rings. The molecule has 3 rings (SSSR count). The lowest BCUT2D eigenvalue weighted by Crippen LogP contribution is -2.54. The maximum Gasteiger partial charge on any atom is 0.265 e. The van der Waals surface area contributed by atoms with E-state index in [1.165, 1.54) is 11.3 Å². The van der Waals surface area contributed by atoms with Gasteiger partial charge in [-0.3, -0.25) is 9.59 Å². The highest BCUT2D eigenvalue weighted by Crippen LogP contribution is 2.21. The minimum Gasteiger partial charge on any atom is -0.381 e. The third kappa shape index (κ3) is 3.81. The van der Waals surface area contributed by atoms with Crippen LogP contribution in [-0.4, -0.2) is 30.6 Å². The molecular weight excluding hydrogens is 326 g/mol. The van der Waals surface area contributed by atoms with Crippen molar-refractivity contribution in [3.05, 3.63) is 46.7 Å².